The number of rotatable bonds is 5. The van der Waals surface area contributed by atoms with Gasteiger partial charge >= 0.3 is 6.61 Å². The third-order valence-electron chi connectivity index (χ3n) is 3.42. The molecule has 8 heteroatoms. The minimum Gasteiger partial charge on any atom is -0.433 e. The van der Waals surface area contributed by atoms with Crippen LogP contribution in [0.4, 0.5) is 8.78 Å². The number of hydrogen-bond donors (Lipinski definition) is 1. The Morgan fingerprint density at radius 2 is 2.27 bits per heavy atom. The van der Waals surface area contributed by atoms with Crippen LogP contribution in [0, 0.1) is 6.92 Å². The minimum atomic E-state index is -2.97. The third-order valence-corrected chi connectivity index (χ3v) is 4.45. The van der Waals surface area contributed by atoms with Crippen LogP contribution >= 0.6 is 11.3 Å². The fourth-order valence-electron chi connectivity index (χ4n) is 2.41. The van der Waals surface area contributed by atoms with Gasteiger partial charge in [0.1, 0.15) is 10.6 Å². The van der Waals surface area contributed by atoms with E-state index in [-0.39, 0.29) is 22.6 Å². The molecule has 0 aromatic carbocycles. The number of carbonyl (C=O) groups excluding carboxylic acids is 2. The van der Waals surface area contributed by atoms with Crippen molar-refractivity contribution in [1.29, 1.82) is 0 Å². The highest BCUT2D eigenvalue weighted by Gasteiger charge is 2.28. The lowest BCUT2D eigenvalue weighted by Gasteiger charge is -2.16. The van der Waals surface area contributed by atoms with Crippen LogP contribution in [-0.4, -0.2) is 42.5 Å². The number of ether oxygens (including phenoxy) is 1. The summed E-state index contributed by atoms with van der Waals surface area (Å²) in [7, 11) is 0. The van der Waals surface area contributed by atoms with E-state index in [1.807, 2.05) is 0 Å². The number of aryl methyl sites for hydroxylation is 1. The number of amides is 2. The summed E-state index contributed by atoms with van der Waals surface area (Å²) >= 11 is 1.11. The number of likely N-dealkylation sites (tertiary alicyclic amines) is 1. The van der Waals surface area contributed by atoms with Gasteiger partial charge in [-0.05, 0) is 19.4 Å². The fraction of sp³-hybridized carbons (Fsp3) is 0.571. The van der Waals surface area contributed by atoms with Gasteiger partial charge < -0.3 is 15.0 Å². The molecule has 22 heavy (non-hydrogen) atoms. The average molecular weight is 332 g/mol. The maximum atomic E-state index is 12.4. The Balaban J connectivity index is 2.00. The fourth-order valence-corrected chi connectivity index (χ4v) is 3.26. The van der Waals surface area contributed by atoms with E-state index in [1.54, 1.807) is 18.7 Å². The maximum absolute atomic E-state index is 12.4. The smallest absolute Gasteiger partial charge is 0.387 e. The standard InChI is InChI=1S/C14H18F2N2O3S/c1-3-11(19)18-5-4-9(7-18)17-13(20)12-10(21-14(15)16)6-8(2)22-12/h6,9,14H,3-5,7H2,1-2H3,(H,17,20). The van der Waals surface area contributed by atoms with Crippen molar-refractivity contribution in [2.75, 3.05) is 13.1 Å². The molecular formula is C14H18F2N2O3S. The molecule has 1 saturated heterocycles. The molecule has 1 atom stereocenters. The zero-order valence-corrected chi connectivity index (χ0v) is 13.2. The third kappa shape index (κ3) is 3.94. The Kier molecular flexibility index (Phi) is 5.33. The molecular weight excluding hydrogens is 314 g/mol. The predicted octanol–water partition coefficient (Wildman–Crippen LogP) is 2.40. The molecule has 122 valence electrons. The second kappa shape index (κ2) is 7.04. The molecule has 2 rings (SSSR count). The predicted molar refractivity (Wildman–Crippen MR) is 78.4 cm³/mol. The lowest BCUT2D eigenvalue weighted by Crippen LogP contribution is -2.38. The van der Waals surface area contributed by atoms with Gasteiger partial charge in [-0.3, -0.25) is 9.59 Å². The summed E-state index contributed by atoms with van der Waals surface area (Å²) in [6.07, 6.45) is 1.09. The van der Waals surface area contributed by atoms with Crippen LogP contribution in [0.2, 0.25) is 0 Å². The van der Waals surface area contributed by atoms with E-state index < -0.39 is 12.5 Å². The molecule has 1 aromatic heterocycles. The Morgan fingerprint density at radius 1 is 1.55 bits per heavy atom. The molecule has 2 heterocycles. The number of halogens is 2. The van der Waals surface area contributed by atoms with Crippen molar-refractivity contribution in [3.05, 3.63) is 15.8 Å². The summed E-state index contributed by atoms with van der Waals surface area (Å²) in [6.45, 7) is 1.59. The Hall–Kier alpha value is -1.70. The monoisotopic (exact) mass is 332 g/mol. The minimum absolute atomic E-state index is 0.0467. The van der Waals surface area contributed by atoms with Crippen LogP contribution in [-0.2, 0) is 4.79 Å². The molecule has 1 aliphatic heterocycles. The number of thiophene rings is 1. The first-order valence-electron chi connectivity index (χ1n) is 7.04. The van der Waals surface area contributed by atoms with E-state index >= 15 is 0 Å². The van der Waals surface area contributed by atoms with Gasteiger partial charge in [-0.2, -0.15) is 8.78 Å². The van der Waals surface area contributed by atoms with Crippen LogP contribution in [0.15, 0.2) is 6.07 Å². The van der Waals surface area contributed by atoms with Crippen molar-refractivity contribution >= 4 is 23.2 Å². The van der Waals surface area contributed by atoms with Gasteiger partial charge in [-0.1, -0.05) is 6.92 Å². The van der Waals surface area contributed by atoms with Gasteiger partial charge in [-0.15, -0.1) is 11.3 Å². The zero-order valence-electron chi connectivity index (χ0n) is 12.4. The van der Waals surface area contributed by atoms with Crippen LogP contribution in [0.25, 0.3) is 0 Å². The van der Waals surface area contributed by atoms with Gasteiger partial charge in [0, 0.05) is 30.4 Å². The SMILES string of the molecule is CCC(=O)N1CCC(NC(=O)c2sc(C)cc2OC(F)F)C1. The van der Waals surface area contributed by atoms with Crippen LogP contribution in [0.1, 0.15) is 34.3 Å². The lowest BCUT2D eigenvalue weighted by molar-refractivity contribution is -0.129. The molecule has 0 aliphatic carbocycles. The van der Waals surface area contributed by atoms with E-state index in [0.29, 0.717) is 25.9 Å². The number of nitrogens with zero attached hydrogens (tertiary/aromatic N) is 1. The molecule has 1 aromatic rings. The molecule has 2 amide bonds. The van der Waals surface area contributed by atoms with E-state index in [1.165, 1.54) is 6.07 Å². The molecule has 0 spiro atoms. The van der Waals surface area contributed by atoms with Crippen molar-refractivity contribution < 1.29 is 23.1 Å². The summed E-state index contributed by atoms with van der Waals surface area (Å²) in [6, 6.07) is 1.26. The van der Waals surface area contributed by atoms with Gasteiger partial charge in [0.05, 0.1) is 0 Å². The molecule has 1 unspecified atom stereocenters. The normalized spacial score (nSPS) is 17.9. The van der Waals surface area contributed by atoms with Crippen LogP contribution in [0.5, 0.6) is 5.75 Å². The highest BCUT2D eigenvalue weighted by Crippen LogP contribution is 2.30. The highest BCUT2D eigenvalue weighted by molar-refractivity contribution is 7.14. The maximum Gasteiger partial charge on any atom is 0.387 e. The molecule has 0 bridgehead atoms. The van der Waals surface area contributed by atoms with Gasteiger partial charge in [0.15, 0.2) is 0 Å². The van der Waals surface area contributed by atoms with Crippen LogP contribution < -0.4 is 10.1 Å². The summed E-state index contributed by atoms with van der Waals surface area (Å²) in [5.74, 6) is -0.496. The molecule has 1 fully saturated rings. The van der Waals surface area contributed by atoms with Gasteiger partial charge in [0.2, 0.25) is 5.91 Å². The van der Waals surface area contributed by atoms with Crippen molar-refractivity contribution in [3.63, 3.8) is 0 Å². The number of carbonyl (C=O) groups is 2. The largest absolute Gasteiger partial charge is 0.433 e. The van der Waals surface area contributed by atoms with Crippen LogP contribution in [0.3, 0.4) is 0 Å². The number of alkyl halides is 2. The zero-order chi connectivity index (χ0) is 16.3. The second-order valence-corrected chi connectivity index (χ2v) is 6.34. The van der Waals surface area contributed by atoms with E-state index in [2.05, 4.69) is 10.1 Å². The number of nitrogens with one attached hydrogen (secondary N) is 1. The van der Waals surface area contributed by atoms with E-state index in [9.17, 15) is 18.4 Å². The first-order chi connectivity index (χ1) is 10.4. The Bertz CT molecular complexity index is 562. The van der Waals surface area contributed by atoms with Crippen molar-refractivity contribution in [1.82, 2.24) is 10.2 Å². The van der Waals surface area contributed by atoms with E-state index in [0.717, 1.165) is 16.2 Å². The molecule has 0 saturated carbocycles. The number of hydrogen-bond acceptors (Lipinski definition) is 4. The quantitative estimate of drug-likeness (QED) is 0.901. The summed E-state index contributed by atoms with van der Waals surface area (Å²) in [5, 5.41) is 2.78. The summed E-state index contributed by atoms with van der Waals surface area (Å²) in [4.78, 5) is 26.4. The van der Waals surface area contributed by atoms with Crippen molar-refractivity contribution in [3.8, 4) is 5.75 Å². The lowest BCUT2D eigenvalue weighted by atomic mass is 10.2. The van der Waals surface area contributed by atoms with Crippen molar-refractivity contribution in [2.45, 2.75) is 39.3 Å². The topological polar surface area (TPSA) is 58.6 Å². The first-order valence-corrected chi connectivity index (χ1v) is 7.86. The average Bonchev–Trinajstić information content (AvgIpc) is 3.04. The Morgan fingerprint density at radius 3 is 2.91 bits per heavy atom. The summed E-state index contributed by atoms with van der Waals surface area (Å²) < 4.78 is 29.1. The molecule has 1 aliphatic rings. The Labute approximate surface area is 131 Å². The summed E-state index contributed by atoms with van der Waals surface area (Å²) in [5.41, 5.74) is 0. The van der Waals surface area contributed by atoms with Gasteiger partial charge in [0.25, 0.3) is 5.91 Å². The van der Waals surface area contributed by atoms with Crippen molar-refractivity contribution in [2.24, 2.45) is 0 Å². The second-order valence-electron chi connectivity index (χ2n) is 5.08. The molecule has 0 radical (unpaired) electrons. The first kappa shape index (κ1) is 16.7. The van der Waals surface area contributed by atoms with Gasteiger partial charge in [-0.25, -0.2) is 0 Å². The molecule has 1 N–H and O–H groups in total. The van der Waals surface area contributed by atoms with E-state index in [4.69, 9.17) is 0 Å². The molecule has 5 nitrogen and oxygen atoms in total. The highest BCUT2D eigenvalue weighted by atomic mass is 32.1.